The molecule has 36 heavy (non-hydrogen) atoms. The maximum Gasteiger partial charge on any atom is 0.346 e. The highest BCUT2D eigenvalue weighted by Crippen LogP contribution is 2.47. The van der Waals surface area contributed by atoms with E-state index in [9.17, 15) is 9.59 Å². The van der Waals surface area contributed by atoms with Crippen molar-refractivity contribution in [2.75, 3.05) is 0 Å². The number of pyridine rings is 1. The fraction of sp³-hybridized carbons (Fsp3) is 0.0357. The molecular weight excluding hydrogens is 452 g/mol. The Morgan fingerprint density at radius 3 is 2.53 bits per heavy atom. The van der Waals surface area contributed by atoms with Crippen LogP contribution in [0.25, 0.3) is 44.5 Å². The zero-order valence-electron chi connectivity index (χ0n) is 18.8. The summed E-state index contributed by atoms with van der Waals surface area (Å²) in [5, 5.41) is 3.73. The maximum absolute atomic E-state index is 13.5. The first-order valence-corrected chi connectivity index (χ1v) is 11.5. The second-order valence-electron chi connectivity index (χ2n) is 8.68. The molecule has 3 heterocycles. The van der Waals surface area contributed by atoms with Gasteiger partial charge in [-0.1, -0.05) is 60.7 Å². The van der Waals surface area contributed by atoms with Crippen molar-refractivity contribution >= 4 is 27.8 Å². The number of nitrogens with one attached hydrogen (secondary N) is 3. The molecule has 3 aromatic heterocycles. The molecule has 8 heteroatoms. The second kappa shape index (κ2) is 7.71. The summed E-state index contributed by atoms with van der Waals surface area (Å²) in [5.74, 6) is 0.323. The Bertz CT molecular complexity index is 1850. The SMILES string of the molecule is O=C(NC1c2ccccc2-c2c(-c3nc4ccncc4[nH]3)cccc21)c1nc(=O)[nH]c2ccccc12. The van der Waals surface area contributed by atoms with E-state index in [1.165, 1.54) is 0 Å². The van der Waals surface area contributed by atoms with Crippen LogP contribution in [0.2, 0.25) is 0 Å². The predicted octanol–water partition coefficient (Wildman–Crippen LogP) is 4.36. The van der Waals surface area contributed by atoms with Crippen LogP contribution in [0.3, 0.4) is 0 Å². The van der Waals surface area contributed by atoms with E-state index in [1.54, 1.807) is 30.6 Å². The molecule has 8 nitrogen and oxygen atoms in total. The average Bonchev–Trinajstić information content (AvgIpc) is 3.48. The summed E-state index contributed by atoms with van der Waals surface area (Å²) in [6, 6.07) is 22.6. The minimum absolute atomic E-state index is 0.0984. The average molecular weight is 470 g/mol. The summed E-state index contributed by atoms with van der Waals surface area (Å²) in [4.78, 5) is 44.7. The monoisotopic (exact) mass is 470 g/mol. The number of para-hydroxylation sites is 1. The third-order valence-corrected chi connectivity index (χ3v) is 6.61. The number of H-pyrrole nitrogens is 2. The number of nitrogens with zero attached hydrogens (tertiary/aromatic N) is 3. The Hall–Kier alpha value is -5.11. The van der Waals surface area contributed by atoms with Crippen molar-refractivity contribution in [3.05, 3.63) is 112 Å². The molecule has 0 spiro atoms. The van der Waals surface area contributed by atoms with E-state index in [0.29, 0.717) is 10.9 Å². The number of hydrogen-bond acceptors (Lipinski definition) is 5. The number of aromatic nitrogens is 5. The third kappa shape index (κ3) is 3.05. The van der Waals surface area contributed by atoms with E-state index in [2.05, 4.69) is 31.3 Å². The Morgan fingerprint density at radius 1 is 0.806 bits per heavy atom. The number of carbonyl (C=O) groups excluding carboxylic acids is 1. The molecule has 0 saturated carbocycles. The summed E-state index contributed by atoms with van der Waals surface area (Å²) in [6.45, 7) is 0. The number of imidazole rings is 1. The van der Waals surface area contributed by atoms with Crippen LogP contribution < -0.4 is 11.0 Å². The van der Waals surface area contributed by atoms with Crippen molar-refractivity contribution in [1.82, 2.24) is 30.2 Å². The minimum atomic E-state index is -0.562. The fourth-order valence-electron chi connectivity index (χ4n) is 5.07. The lowest BCUT2D eigenvalue weighted by molar-refractivity contribution is 0.0940. The number of hydrogen-bond donors (Lipinski definition) is 3. The largest absolute Gasteiger partial charge is 0.346 e. The summed E-state index contributed by atoms with van der Waals surface area (Å²) in [6.07, 6.45) is 3.47. The Balaban J connectivity index is 1.36. The van der Waals surface area contributed by atoms with Gasteiger partial charge < -0.3 is 15.3 Å². The van der Waals surface area contributed by atoms with Gasteiger partial charge in [0.15, 0.2) is 0 Å². The lowest BCUT2D eigenvalue weighted by Crippen LogP contribution is -2.31. The normalized spacial score (nSPS) is 14.1. The lowest BCUT2D eigenvalue weighted by atomic mass is 9.98. The minimum Gasteiger partial charge on any atom is -0.340 e. The molecule has 0 saturated heterocycles. The molecule has 0 bridgehead atoms. The predicted molar refractivity (Wildman–Crippen MR) is 136 cm³/mol. The van der Waals surface area contributed by atoms with Gasteiger partial charge in [0.25, 0.3) is 5.91 Å². The van der Waals surface area contributed by atoms with Crippen molar-refractivity contribution in [2.45, 2.75) is 6.04 Å². The van der Waals surface area contributed by atoms with Crippen molar-refractivity contribution in [2.24, 2.45) is 0 Å². The van der Waals surface area contributed by atoms with Crippen LogP contribution >= 0.6 is 0 Å². The molecule has 172 valence electrons. The van der Waals surface area contributed by atoms with Crippen LogP contribution in [-0.2, 0) is 0 Å². The Morgan fingerprint density at radius 2 is 1.61 bits per heavy atom. The van der Waals surface area contributed by atoms with Crippen LogP contribution in [0.5, 0.6) is 0 Å². The molecule has 1 amide bonds. The molecule has 1 aliphatic carbocycles. The summed E-state index contributed by atoms with van der Waals surface area (Å²) in [7, 11) is 0. The summed E-state index contributed by atoms with van der Waals surface area (Å²) >= 11 is 0. The van der Waals surface area contributed by atoms with Crippen molar-refractivity contribution < 1.29 is 4.79 Å². The van der Waals surface area contributed by atoms with Gasteiger partial charge in [-0.2, -0.15) is 4.98 Å². The van der Waals surface area contributed by atoms with Crippen molar-refractivity contribution in [3.63, 3.8) is 0 Å². The van der Waals surface area contributed by atoms with Crippen LogP contribution in [0.1, 0.15) is 27.7 Å². The summed E-state index contributed by atoms with van der Waals surface area (Å²) < 4.78 is 0. The maximum atomic E-state index is 13.5. The van der Waals surface area contributed by atoms with E-state index in [0.717, 1.165) is 44.7 Å². The van der Waals surface area contributed by atoms with Crippen LogP contribution in [0.4, 0.5) is 0 Å². The number of benzene rings is 3. The highest BCUT2D eigenvalue weighted by molar-refractivity contribution is 6.05. The molecule has 0 fully saturated rings. The molecule has 1 unspecified atom stereocenters. The molecule has 3 N–H and O–H groups in total. The van der Waals surface area contributed by atoms with Gasteiger partial charge in [-0.3, -0.25) is 9.78 Å². The van der Waals surface area contributed by atoms with Gasteiger partial charge in [0, 0.05) is 17.1 Å². The number of aromatic amines is 2. The van der Waals surface area contributed by atoms with E-state index in [-0.39, 0.29) is 5.69 Å². The van der Waals surface area contributed by atoms with E-state index in [4.69, 9.17) is 4.98 Å². The third-order valence-electron chi connectivity index (χ3n) is 6.61. The van der Waals surface area contributed by atoms with Gasteiger partial charge in [0.1, 0.15) is 11.5 Å². The number of carbonyl (C=O) groups is 1. The first-order valence-electron chi connectivity index (χ1n) is 11.5. The molecule has 7 rings (SSSR count). The highest BCUT2D eigenvalue weighted by atomic mass is 16.2. The standard InChI is InChI=1S/C28H18N6O2/c35-27(25-17-8-3-4-11-20(17)32-28(36)34-25)33-24-16-7-2-1-6-15(16)23-18(24)9-5-10-19(23)26-30-21-12-13-29-14-22(21)31-26/h1-14,24H,(H,30,31)(H,33,35)(H,32,34,36). The topological polar surface area (TPSA) is 116 Å². The van der Waals surface area contributed by atoms with Gasteiger partial charge in [-0.15, -0.1) is 0 Å². The van der Waals surface area contributed by atoms with E-state index >= 15 is 0 Å². The van der Waals surface area contributed by atoms with Crippen LogP contribution in [0, 0.1) is 0 Å². The summed E-state index contributed by atoms with van der Waals surface area (Å²) in [5.41, 5.74) is 6.69. The Kier molecular flexibility index (Phi) is 4.34. The Labute approximate surface area is 204 Å². The first-order chi connectivity index (χ1) is 17.7. The number of fused-ring (bicyclic) bond motifs is 5. The van der Waals surface area contributed by atoms with Gasteiger partial charge in [0.05, 0.1) is 28.8 Å². The van der Waals surface area contributed by atoms with Crippen molar-refractivity contribution in [1.29, 1.82) is 0 Å². The molecule has 0 radical (unpaired) electrons. The molecular formula is C28H18N6O2. The van der Waals surface area contributed by atoms with Gasteiger partial charge in [-0.25, -0.2) is 9.78 Å². The lowest BCUT2D eigenvalue weighted by Gasteiger charge is -2.16. The van der Waals surface area contributed by atoms with Crippen molar-refractivity contribution in [3.8, 4) is 22.5 Å². The molecule has 1 aliphatic rings. The fourth-order valence-corrected chi connectivity index (χ4v) is 5.07. The second-order valence-corrected chi connectivity index (χ2v) is 8.68. The zero-order chi connectivity index (χ0) is 24.2. The number of amides is 1. The quantitative estimate of drug-likeness (QED) is 0.355. The van der Waals surface area contributed by atoms with Crippen LogP contribution in [0.15, 0.2) is 90.0 Å². The zero-order valence-corrected chi connectivity index (χ0v) is 18.8. The van der Waals surface area contributed by atoms with Gasteiger partial charge in [-0.05, 0) is 34.4 Å². The smallest absolute Gasteiger partial charge is 0.340 e. The molecule has 3 aromatic carbocycles. The van der Waals surface area contributed by atoms with E-state index < -0.39 is 17.6 Å². The molecule has 6 aromatic rings. The molecule has 0 aliphatic heterocycles. The number of rotatable bonds is 3. The highest BCUT2D eigenvalue weighted by Gasteiger charge is 2.33. The molecule has 1 atom stereocenters. The van der Waals surface area contributed by atoms with Gasteiger partial charge >= 0.3 is 5.69 Å². The van der Waals surface area contributed by atoms with Crippen LogP contribution in [-0.4, -0.2) is 30.8 Å². The van der Waals surface area contributed by atoms with E-state index in [1.807, 2.05) is 48.5 Å². The first kappa shape index (κ1) is 20.3. The van der Waals surface area contributed by atoms with Gasteiger partial charge in [0.2, 0.25) is 0 Å².